The molecular formula is C37H38ClN5O6. The number of carbonyl (C=O) groups excluding carboxylic acids is 4. The molecule has 11 nitrogen and oxygen atoms in total. The molecular weight excluding hydrogens is 646 g/mol. The Labute approximate surface area is 288 Å². The van der Waals surface area contributed by atoms with Crippen LogP contribution in [0.4, 0.5) is 11.4 Å². The van der Waals surface area contributed by atoms with Gasteiger partial charge in [-0.25, -0.2) is 0 Å². The van der Waals surface area contributed by atoms with E-state index in [1.807, 2.05) is 17.0 Å². The van der Waals surface area contributed by atoms with Crippen LogP contribution < -0.4 is 21.0 Å². The molecule has 0 radical (unpaired) electrons. The molecule has 12 heteroatoms. The Balaban J connectivity index is 1.17. The first-order chi connectivity index (χ1) is 23.6. The third kappa shape index (κ3) is 8.11. The van der Waals surface area contributed by atoms with Gasteiger partial charge in [0.15, 0.2) is 11.2 Å². The number of para-hydroxylation sites is 1. The number of hydrogen-bond donors (Lipinski definition) is 2. The monoisotopic (exact) mass is 683 g/mol. The smallest absolute Gasteiger partial charge is 0.287 e. The number of piperazine rings is 1. The van der Waals surface area contributed by atoms with E-state index in [9.17, 15) is 24.0 Å². The summed E-state index contributed by atoms with van der Waals surface area (Å²) in [5, 5.41) is 6.20. The number of halogens is 1. The summed E-state index contributed by atoms with van der Waals surface area (Å²) in [4.78, 5) is 70.4. The molecule has 49 heavy (non-hydrogen) atoms. The van der Waals surface area contributed by atoms with Crippen LogP contribution in [0.2, 0.25) is 5.02 Å². The molecule has 1 aromatic heterocycles. The van der Waals surface area contributed by atoms with Crippen LogP contribution in [0.3, 0.4) is 0 Å². The summed E-state index contributed by atoms with van der Waals surface area (Å²) >= 11 is 6.10. The van der Waals surface area contributed by atoms with Gasteiger partial charge in [-0.1, -0.05) is 41.9 Å². The number of nitrogens with one attached hydrogen (secondary N) is 2. The normalized spacial score (nSPS) is 15.6. The van der Waals surface area contributed by atoms with E-state index in [0.717, 1.165) is 42.3 Å². The lowest BCUT2D eigenvalue weighted by atomic mass is 10.0. The van der Waals surface area contributed by atoms with Gasteiger partial charge in [-0.3, -0.25) is 24.0 Å². The molecule has 0 unspecified atom stereocenters. The molecule has 254 valence electrons. The number of amides is 4. The van der Waals surface area contributed by atoms with Crippen LogP contribution >= 0.6 is 11.6 Å². The Morgan fingerprint density at radius 1 is 0.898 bits per heavy atom. The van der Waals surface area contributed by atoms with Gasteiger partial charge in [0, 0.05) is 81.5 Å². The molecule has 0 bridgehead atoms. The van der Waals surface area contributed by atoms with Gasteiger partial charge >= 0.3 is 0 Å². The number of anilines is 2. The van der Waals surface area contributed by atoms with Gasteiger partial charge in [0.1, 0.15) is 11.6 Å². The predicted octanol–water partition coefficient (Wildman–Crippen LogP) is 4.61. The van der Waals surface area contributed by atoms with Crippen molar-refractivity contribution in [3.8, 4) is 0 Å². The molecule has 2 saturated heterocycles. The first-order valence-corrected chi connectivity index (χ1v) is 16.8. The van der Waals surface area contributed by atoms with Crippen LogP contribution in [0, 0.1) is 0 Å². The van der Waals surface area contributed by atoms with Crippen LogP contribution in [-0.4, -0.2) is 72.2 Å². The fourth-order valence-electron chi connectivity index (χ4n) is 6.41. The van der Waals surface area contributed by atoms with E-state index in [1.165, 1.54) is 19.1 Å². The van der Waals surface area contributed by atoms with Gasteiger partial charge in [-0.15, -0.1) is 0 Å². The Bertz CT molecular complexity index is 1940. The zero-order valence-electron chi connectivity index (χ0n) is 27.2. The fourth-order valence-corrected chi connectivity index (χ4v) is 6.54. The topological polar surface area (TPSA) is 132 Å². The van der Waals surface area contributed by atoms with Crippen molar-refractivity contribution in [3.63, 3.8) is 0 Å². The van der Waals surface area contributed by atoms with Crippen molar-refractivity contribution in [1.29, 1.82) is 0 Å². The number of fused-ring (bicyclic) bond motifs is 1. The van der Waals surface area contributed by atoms with Gasteiger partial charge in [-0.2, -0.15) is 0 Å². The minimum atomic E-state index is -0.944. The summed E-state index contributed by atoms with van der Waals surface area (Å²) in [6, 6.07) is 19.9. The second-order valence-corrected chi connectivity index (χ2v) is 12.9. The van der Waals surface area contributed by atoms with Gasteiger partial charge in [-0.05, 0) is 60.4 Å². The van der Waals surface area contributed by atoms with E-state index in [4.69, 9.17) is 16.0 Å². The quantitative estimate of drug-likeness (QED) is 0.264. The summed E-state index contributed by atoms with van der Waals surface area (Å²) in [6.07, 6.45) is 2.73. The predicted molar refractivity (Wildman–Crippen MR) is 188 cm³/mol. The van der Waals surface area contributed by atoms with Gasteiger partial charge < -0.3 is 29.8 Å². The second-order valence-electron chi connectivity index (χ2n) is 12.4. The van der Waals surface area contributed by atoms with Crippen LogP contribution in [0.1, 0.15) is 47.9 Å². The molecule has 1 atom stereocenters. The summed E-state index contributed by atoms with van der Waals surface area (Å²) < 4.78 is 5.79. The molecule has 0 saturated carbocycles. The molecule has 3 aromatic carbocycles. The summed E-state index contributed by atoms with van der Waals surface area (Å²) in [5.74, 6) is -1.28. The molecule has 2 aliphatic heterocycles. The summed E-state index contributed by atoms with van der Waals surface area (Å²) in [6.45, 7) is 4.72. The van der Waals surface area contributed by atoms with E-state index in [2.05, 4.69) is 27.7 Å². The Morgan fingerprint density at radius 2 is 1.65 bits per heavy atom. The maximum Gasteiger partial charge on any atom is 0.287 e. The molecule has 0 spiro atoms. The number of benzene rings is 3. The molecule has 2 N–H and O–H groups in total. The van der Waals surface area contributed by atoms with Crippen molar-refractivity contribution < 1.29 is 23.6 Å². The highest BCUT2D eigenvalue weighted by atomic mass is 35.5. The van der Waals surface area contributed by atoms with Crippen molar-refractivity contribution in [2.75, 3.05) is 42.9 Å². The zero-order valence-corrected chi connectivity index (χ0v) is 28.0. The largest absolute Gasteiger partial charge is 0.451 e. The lowest BCUT2D eigenvalue weighted by Crippen LogP contribution is -2.55. The number of nitrogens with zero attached hydrogens (tertiary/aromatic N) is 3. The molecule has 4 aromatic rings. The number of hydrogen-bond acceptors (Lipinski definition) is 7. The Morgan fingerprint density at radius 3 is 2.39 bits per heavy atom. The molecule has 2 aliphatic rings. The molecule has 3 heterocycles. The highest BCUT2D eigenvalue weighted by Gasteiger charge is 2.31. The standard InChI is InChI=1S/C37H38ClN5O6/c1-24(44)39-28-13-14-33-29(21-28)32(45)22-34(49-33)36(47)40-30(20-25-9-11-27(38)12-10-25)37(48)42-18-16-41(17-19-42)31-7-3-2-6-26(31)23-43-15-5-4-8-35(43)46/h2-3,6-7,9-14,21-22,30H,4-5,8,15-20,23H2,1H3,(H,39,44)(H,40,47)/t30-/m1/s1. The lowest BCUT2D eigenvalue weighted by Gasteiger charge is -2.39. The Kier molecular flexibility index (Phi) is 10.3. The number of likely N-dealkylation sites (tertiary alicyclic amines) is 1. The minimum absolute atomic E-state index is 0.174. The van der Waals surface area contributed by atoms with E-state index >= 15 is 0 Å². The van der Waals surface area contributed by atoms with E-state index in [-0.39, 0.29) is 40.9 Å². The minimum Gasteiger partial charge on any atom is -0.451 e. The highest BCUT2D eigenvalue weighted by molar-refractivity contribution is 6.30. The van der Waals surface area contributed by atoms with Gasteiger partial charge in [0.05, 0.1) is 5.39 Å². The lowest BCUT2D eigenvalue weighted by molar-refractivity contribution is -0.134. The number of piperidine rings is 1. The average Bonchev–Trinajstić information content (AvgIpc) is 3.10. The number of carbonyl (C=O) groups is 4. The third-order valence-electron chi connectivity index (χ3n) is 8.93. The van der Waals surface area contributed by atoms with Crippen molar-refractivity contribution in [3.05, 3.63) is 105 Å². The first kappa shape index (κ1) is 33.7. The number of rotatable bonds is 9. The maximum atomic E-state index is 14.0. The van der Waals surface area contributed by atoms with Gasteiger partial charge in [0.25, 0.3) is 5.91 Å². The second kappa shape index (κ2) is 14.9. The van der Waals surface area contributed by atoms with E-state index < -0.39 is 17.4 Å². The van der Waals surface area contributed by atoms with Crippen molar-refractivity contribution in [1.82, 2.24) is 15.1 Å². The molecule has 4 amide bonds. The molecule has 2 fully saturated rings. The van der Waals surface area contributed by atoms with Crippen LogP contribution in [-0.2, 0) is 27.3 Å². The summed E-state index contributed by atoms with van der Waals surface area (Å²) in [5.41, 5.74) is 3.07. The maximum absolute atomic E-state index is 14.0. The molecule has 6 rings (SSSR count). The van der Waals surface area contributed by atoms with Crippen molar-refractivity contribution in [2.24, 2.45) is 0 Å². The zero-order chi connectivity index (χ0) is 34.5. The summed E-state index contributed by atoms with van der Waals surface area (Å²) in [7, 11) is 0. The highest BCUT2D eigenvalue weighted by Crippen LogP contribution is 2.26. The average molecular weight is 684 g/mol. The Hall–Kier alpha value is -5.16. The first-order valence-electron chi connectivity index (χ1n) is 16.4. The van der Waals surface area contributed by atoms with E-state index in [0.29, 0.717) is 49.9 Å². The van der Waals surface area contributed by atoms with Crippen LogP contribution in [0.25, 0.3) is 11.0 Å². The van der Waals surface area contributed by atoms with Crippen molar-refractivity contribution in [2.45, 2.75) is 45.2 Å². The molecule has 0 aliphatic carbocycles. The SMILES string of the molecule is CC(=O)Nc1ccc2oc(C(=O)N[C@H](Cc3ccc(Cl)cc3)C(=O)N3CCN(c4ccccc4CN4CCCCC4=O)CC3)cc(=O)c2c1. The van der Waals surface area contributed by atoms with Crippen LogP contribution in [0.5, 0.6) is 0 Å². The third-order valence-corrected chi connectivity index (χ3v) is 9.19. The van der Waals surface area contributed by atoms with Gasteiger partial charge in [0.2, 0.25) is 17.7 Å². The van der Waals surface area contributed by atoms with E-state index in [1.54, 1.807) is 35.2 Å². The van der Waals surface area contributed by atoms with Crippen molar-refractivity contribution >= 4 is 57.6 Å². The van der Waals surface area contributed by atoms with Crippen LogP contribution in [0.15, 0.2) is 82.0 Å². The fraction of sp³-hybridized carbons (Fsp3) is 0.324.